The van der Waals surface area contributed by atoms with Gasteiger partial charge in [-0.3, -0.25) is 4.90 Å². The fourth-order valence-electron chi connectivity index (χ4n) is 2.43. The van der Waals surface area contributed by atoms with Gasteiger partial charge < -0.3 is 5.32 Å². The number of nitrogens with zero attached hydrogens (tertiary/aromatic N) is 1. The van der Waals surface area contributed by atoms with Crippen LogP contribution in [0.25, 0.3) is 0 Å². The summed E-state index contributed by atoms with van der Waals surface area (Å²) in [6, 6.07) is 0. The highest BCUT2D eigenvalue weighted by atomic mass is 32.2. The van der Waals surface area contributed by atoms with Crippen LogP contribution in [0.5, 0.6) is 0 Å². The zero-order valence-electron chi connectivity index (χ0n) is 9.17. The van der Waals surface area contributed by atoms with Crippen LogP contribution in [0.1, 0.15) is 32.6 Å². The van der Waals surface area contributed by atoms with Crippen LogP contribution in [-0.4, -0.2) is 41.7 Å². The Morgan fingerprint density at radius 1 is 1.21 bits per heavy atom. The minimum absolute atomic E-state index is 0.736. The van der Waals surface area contributed by atoms with Crippen LogP contribution in [-0.2, 0) is 0 Å². The number of hydrogen-bond donors (Lipinski definition) is 1. The molecular weight excluding hydrogens is 192 g/mol. The molecule has 14 heavy (non-hydrogen) atoms. The molecule has 1 atom stereocenters. The summed E-state index contributed by atoms with van der Waals surface area (Å²) in [5, 5.41) is 5.11. The molecule has 1 N–H and O–H groups in total. The predicted octanol–water partition coefficient (Wildman–Crippen LogP) is 1.91. The van der Waals surface area contributed by atoms with Crippen molar-refractivity contribution in [3.63, 3.8) is 0 Å². The van der Waals surface area contributed by atoms with Gasteiger partial charge in [-0.15, -0.1) is 11.8 Å². The van der Waals surface area contributed by atoms with Crippen molar-refractivity contribution in [2.75, 3.05) is 26.2 Å². The highest BCUT2D eigenvalue weighted by Crippen LogP contribution is 2.33. The third kappa shape index (κ3) is 2.88. The average molecular weight is 214 g/mol. The molecule has 82 valence electrons. The third-order valence-electron chi connectivity index (χ3n) is 3.36. The summed E-state index contributed by atoms with van der Waals surface area (Å²) >= 11 is 2.21. The van der Waals surface area contributed by atoms with Gasteiger partial charge in [0.05, 0.1) is 5.37 Å². The molecule has 1 aliphatic heterocycles. The van der Waals surface area contributed by atoms with Crippen molar-refractivity contribution < 1.29 is 0 Å². The molecule has 1 heterocycles. The Morgan fingerprint density at radius 3 is 2.50 bits per heavy atom. The lowest BCUT2D eigenvalue weighted by atomic mass is 10.4. The van der Waals surface area contributed by atoms with Gasteiger partial charge in [-0.25, -0.2) is 0 Å². The molecule has 1 saturated heterocycles. The molecule has 2 rings (SSSR count). The van der Waals surface area contributed by atoms with Gasteiger partial charge >= 0.3 is 0 Å². The molecule has 0 aromatic heterocycles. The van der Waals surface area contributed by atoms with E-state index in [1.54, 1.807) is 0 Å². The van der Waals surface area contributed by atoms with Gasteiger partial charge in [0.2, 0.25) is 0 Å². The highest BCUT2D eigenvalue weighted by molar-refractivity contribution is 8.00. The van der Waals surface area contributed by atoms with Crippen molar-refractivity contribution in [1.29, 1.82) is 0 Å². The molecule has 1 saturated carbocycles. The van der Waals surface area contributed by atoms with Gasteiger partial charge in [-0.1, -0.05) is 12.8 Å². The summed E-state index contributed by atoms with van der Waals surface area (Å²) < 4.78 is 0. The Labute approximate surface area is 91.8 Å². The first kappa shape index (κ1) is 10.8. The van der Waals surface area contributed by atoms with Gasteiger partial charge in [0.1, 0.15) is 0 Å². The van der Waals surface area contributed by atoms with Crippen LogP contribution < -0.4 is 5.32 Å². The van der Waals surface area contributed by atoms with Crippen LogP contribution in [0.4, 0.5) is 0 Å². The summed E-state index contributed by atoms with van der Waals surface area (Å²) in [7, 11) is 0. The van der Waals surface area contributed by atoms with E-state index in [1.807, 2.05) is 0 Å². The molecule has 2 fully saturated rings. The lowest BCUT2D eigenvalue weighted by Crippen LogP contribution is -2.46. The fraction of sp³-hybridized carbons (Fsp3) is 1.00. The van der Waals surface area contributed by atoms with Crippen LogP contribution >= 0.6 is 11.8 Å². The summed E-state index contributed by atoms with van der Waals surface area (Å²) in [5.74, 6) is 0. The van der Waals surface area contributed by atoms with E-state index >= 15 is 0 Å². The van der Waals surface area contributed by atoms with Crippen molar-refractivity contribution in [3.05, 3.63) is 0 Å². The van der Waals surface area contributed by atoms with Crippen molar-refractivity contribution >= 4 is 11.8 Å². The fourth-order valence-corrected chi connectivity index (χ4v) is 3.98. The van der Waals surface area contributed by atoms with E-state index in [1.165, 1.54) is 51.9 Å². The number of nitrogens with one attached hydrogen (secondary N) is 1. The van der Waals surface area contributed by atoms with Crippen molar-refractivity contribution in [3.8, 4) is 0 Å². The molecule has 0 aromatic carbocycles. The Balaban J connectivity index is 1.72. The van der Waals surface area contributed by atoms with E-state index < -0.39 is 0 Å². The molecule has 0 radical (unpaired) electrons. The molecule has 0 spiro atoms. The Bertz CT molecular complexity index is 163. The highest BCUT2D eigenvalue weighted by Gasteiger charge is 2.22. The lowest BCUT2D eigenvalue weighted by Gasteiger charge is -2.33. The largest absolute Gasteiger partial charge is 0.314 e. The molecule has 0 bridgehead atoms. The smallest absolute Gasteiger partial charge is 0.0532 e. The summed E-state index contributed by atoms with van der Waals surface area (Å²) in [6.45, 7) is 7.21. The van der Waals surface area contributed by atoms with E-state index in [4.69, 9.17) is 0 Å². The Morgan fingerprint density at radius 2 is 1.86 bits per heavy atom. The minimum atomic E-state index is 0.736. The van der Waals surface area contributed by atoms with E-state index in [2.05, 4.69) is 28.9 Å². The Hall–Kier alpha value is 0.270. The second-order valence-corrected chi connectivity index (χ2v) is 6.05. The first-order valence-corrected chi connectivity index (χ1v) is 6.91. The standard InChI is InChI=1S/C11H22N2S/c1-10(13-8-6-12-7-9-13)14-11-4-2-3-5-11/h10-12H,2-9H2,1H3. The summed E-state index contributed by atoms with van der Waals surface area (Å²) in [6.07, 6.45) is 5.85. The number of thioether (sulfide) groups is 1. The summed E-state index contributed by atoms with van der Waals surface area (Å²) in [4.78, 5) is 2.62. The number of piperazine rings is 1. The first-order chi connectivity index (χ1) is 6.86. The maximum Gasteiger partial charge on any atom is 0.0532 e. The molecule has 0 aromatic rings. The molecule has 0 amide bonds. The van der Waals surface area contributed by atoms with Crippen LogP contribution in [0, 0.1) is 0 Å². The molecule has 2 nitrogen and oxygen atoms in total. The van der Waals surface area contributed by atoms with Gasteiger partial charge in [-0.2, -0.15) is 0 Å². The first-order valence-electron chi connectivity index (χ1n) is 5.96. The van der Waals surface area contributed by atoms with E-state index in [9.17, 15) is 0 Å². The van der Waals surface area contributed by atoms with Crippen LogP contribution in [0.2, 0.25) is 0 Å². The SMILES string of the molecule is CC(SC1CCCC1)N1CCNCC1. The maximum absolute atomic E-state index is 3.41. The molecule has 1 unspecified atom stereocenters. The third-order valence-corrected chi connectivity index (χ3v) is 4.91. The zero-order valence-corrected chi connectivity index (χ0v) is 9.98. The van der Waals surface area contributed by atoms with Gasteiger partial charge in [0.15, 0.2) is 0 Å². The quantitative estimate of drug-likeness (QED) is 0.772. The van der Waals surface area contributed by atoms with Crippen molar-refractivity contribution in [2.24, 2.45) is 0 Å². The van der Waals surface area contributed by atoms with E-state index in [0.717, 1.165) is 10.6 Å². The van der Waals surface area contributed by atoms with Crippen molar-refractivity contribution in [1.82, 2.24) is 10.2 Å². The normalized spacial score (nSPS) is 28.1. The average Bonchev–Trinajstić information content (AvgIpc) is 2.72. The number of rotatable bonds is 3. The number of hydrogen-bond acceptors (Lipinski definition) is 3. The van der Waals surface area contributed by atoms with Crippen LogP contribution in [0.15, 0.2) is 0 Å². The van der Waals surface area contributed by atoms with Crippen LogP contribution in [0.3, 0.4) is 0 Å². The Kier molecular flexibility index (Phi) is 4.14. The zero-order chi connectivity index (χ0) is 9.80. The minimum Gasteiger partial charge on any atom is -0.314 e. The molecule has 2 aliphatic rings. The van der Waals surface area contributed by atoms with Crippen molar-refractivity contribution in [2.45, 2.75) is 43.2 Å². The van der Waals surface area contributed by atoms with E-state index in [-0.39, 0.29) is 0 Å². The topological polar surface area (TPSA) is 15.3 Å². The van der Waals surface area contributed by atoms with Gasteiger partial charge in [0.25, 0.3) is 0 Å². The molecular formula is C11H22N2S. The summed E-state index contributed by atoms with van der Waals surface area (Å²) in [5.41, 5.74) is 0. The molecule has 1 aliphatic carbocycles. The maximum atomic E-state index is 3.41. The van der Waals surface area contributed by atoms with E-state index in [0.29, 0.717) is 0 Å². The molecule has 3 heteroatoms. The lowest BCUT2D eigenvalue weighted by molar-refractivity contribution is 0.234. The predicted molar refractivity (Wildman–Crippen MR) is 63.8 cm³/mol. The second kappa shape index (κ2) is 5.38. The monoisotopic (exact) mass is 214 g/mol. The van der Waals surface area contributed by atoms with Gasteiger partial charge in [0, 0.05) is 31.4 Å². The van der Waals surface area contributed by atoms with Gasteiger partial charge in [-0.05, 0) is 19.8 Å². The second-order valence-electron chi connectivity index (χ2n) is 4.43.